The number of anilines is 4. The van der Waals surface area contributed by atoms with Gasteiger partial charge in [-0.1, -0.05) is 37.5 Å². The molecule has 68 heavy (non-hydrogen) atoms. The maximum atomic E-state index is 9.12. The van der Waals surface area contributed by atoms with Gasteiger partial charge in [0.15, 0.2) is 8.92 Å². The van der Waals surface area contributed by atoms with Crippen LogP contribution in [-0.4, -0.2) is 101 Å². The number of hydrogen-bond donors (Lipinski definition) is 3. The average molecular weight is 1020 g/mol. The second kappa shape index (κ2) is 23.3. The molecule has 2 saturated heterocycles. The van der Waals surface area contributed by atoms with Crippen LogP contribution in [0.25, 0.3) is 44.4 Å². The monoisotopic (exact) mass is 1020 g/mol. The van der Waals surface area contributed by atoms with Crippen LogP contribution in [-0.2, 0) is 0 Å². The van der Waals surface area contributed by atoms with Crippen molar-refractivity contribution in [3.05, 3.63) is 88.4 Å². The number of rotatable bonds is 11. The summed E-state index contributed by atoms with van der Waals surface area (Å²) in [7, 11) is 0.625. The summed E-state index contributed by atoms with van der Waals surface area (Å²) in [4.78, 5) is 13.7. The van der Waals surface area contributed by atoms with E-state index in [1.54, 1.807) is 44.0 Å². The van der Waals surface area contributed by atoms with Gasteiger partial charge in [-0.25, -0.2) is 9.03 Å². The van der Waals surface area contributed by atoms with Crippen LogP contribution in [0.1, 0.15) is 79.4 Å². The van der Waals surface area contributed by atoms with Crippen molar-refractivity contribution in [3.63, 3.8) is 0 Å². The molecule has 10 heterocycles. The zero-order valence-corrected chi connectivity index (χ0v) is 39.8. The topological polar surface area (TPSA) is 220 Å². The van der Waals surface area contributed by atoms with E-state index in [2.05, 4.69) is 97.9 Å². The Balaban J connectivity index is 0.000000182. The van der Waals surface area contributed by atoms with Gasteiger partial charge in [0, 0.05) is 50.1 Å². The van der Waals surface area contributed by atoms with E-state index < -0.39 is 0 Å². The van der Waals surface area contributed by atoms with Crippen molar-refractivity contribution in [2.24, 2.45) is 0 Å². The largest absolute Gasteiger partial charge is 0.569 e. The summed E-state index contributed by atoms with van der Waals surface area (Å²) in [6.07, 6.45) is 11.5. The summed E-state index contributed by atoms with van der Waals surface area (Å²) in [5.41, 5.74) is 8.49. The number of pyridine rings is 2. The first-order valence-electron chi connectivity index (χ1n) is 21.4. The molecular formula is C46H53BBrN16O2S2. The smallest absolute Gasteiger partial charge is 0.535 e. The third-order valence-corrected chi connectivity index (χ3v) is 12.8. The Labute approximate surface area is 413 Å². The molecule has 0 atom stereocenters. The highest BCUT2D eigenvalue weighted by Crippen LogP contribution is 2.37. The molecule has 0 amide bonds. The second-order valence-electron chi connectivity index (χ2n) is 15.9. The molecular weight excluding hydrogens is 963 g/mol. The number of halogens is 1. The first-order valence-corrected chi connectivity index (χ1v) is 23.8. The molecule has 0 unspecified atom stereocenters. The van der Waals surface area contributed by atoms with Crippen LogP contribution in [0.4, 0.5) is 21.6 Å². The molecule has 2 aliphatic heterocycles. The Morgan fingerprint density at radius 3 is 1.68 bits per heavy atom. The summed E-state index contributed by atoms with van der Waals surface area (Å²) in [5.74, 6) is 0.426. The number of nitriles is 2. The van der Waals surface area contributed by atoms with Crippen molar-refractivity contribution in [1.29, 1.82) is 10.5 Å². The Morgan fingerprint density at radius 2 is 1.18 bits per heavy atom. The molecule has 8 aromatic heterocycles. The van der Waals surface area contributed by atoms with Gasteiger partial charge in [-0.15, -0.1) is 20.4 Å². The maximum Gasteiger partial charge on any atom is 0.569 e. The van der Waals surface area contributed by atoms with Crippen LogP contribution in [0.3, 0.4) is 0 Å². The van der Waals surface area contributed by atoms with Crippen molar-refractivity contribution in [3.8, 4) is 51.2 Å². The van der Waals surface area contributed by atoms with Gasteiger partial charge in [0.2, 0.25) is 10.3 Å². The van der Waals surface area contributed by atoms with Crippen LogP contribution in [0, 0.1) is 22.7 Å². The third-order valence-electron chi connectivity index (χ3n) is 10.4. The Hall–Kier alpha value is -6.72. The van der Waals surface area contributed by atoms with Gasteiger partial charge < -0.3 is 30.1 Å². The van der Waals surface area contributed by atoms with Crippen LogP contribution < -0.4 is 25.1 Å². The lowest BCUT2D eigenvalue weighted by Crippen LogP contribution is -2.17. The molecule has 2 aliphatic rings. The number of aromatic nitrogens is 10. The van der Waals surface area contributed by atoms with Crippen LogP contribution in [0.2, 0.25) is 0 Å². The highest BCUT2D eigenvalue weighted by molar-refractivity contribution is 9.11. The van der Waals surface area contributed by atoms with E-state index in [1.807, 2.05) is 62.5 Å². The minimum absolute atomic E-state index is 0. The fourth-order valence-corrected chi connectivity index (χ4v) is 9.52. The third kappa shape index (κ3) is 11.9. The van der Waals surface area contributed by atoms with E-state index in [0.29, 0.717) is 35.9 Å². The van der Waals surface area contributed by atoms with Gasteiger partial charge in [0.05, 0.1) is 74.8 Å². The summed E-state index contributed by atoms with van der Waals surface area (Å²) in [6, 6.07) is 19.8. The van der Waals surface area contributed by atoms with Crippen molar-refractivity contribution in [2.45, 2.75) is 80.3 Å². The lowest BCUT2D eigenvalue weighted by molar-refractivity contribution is 0.453. The zero-order valence-electron chi connectivity index (χ0n) is 36.6. The summed E-state index contributed by atoms with van der Waals surface area (Å²) < 4.78 is 9.48. The number of hydrogen-bond acceptors (Lipinski definition) is 18. The first kappa shape index (κ1) is 50.7. The van der Waals surface area contributed by atoms with Gasteiger partial charge in [-0.2, -0.15) is 20.7 Å². The fraction of sp³-hybridized carbons (Fsp3) is 0.348. The van der Waals surface area contributed by atoms with Crippen molar-refractivity contribution < 1.29 is 9.68 Å². The molecule has 2 fully saturated rings. The summed E-state index contributed by atoms with van der Waals surface area (Å²) in [5, 5.41) is 62.2. The molecule has 22 heteroatoms. The van der Waals surface area contributed by atoms with E-state index >= 15 is 0 Å². The Bertz CT molecular complexity index is 3020. The predicted molar refractivity (Wildman–Crippen MR) is 275 cm³/mol. The highest BCUT2D eigenvalue weighted by Gasteiger charge is 2.21. The minimum atomic E-state index is 0. The average Bonchev–Trinajstić information content (AvgIpc) is 4.18. The van der Waals surface area contributed by atoms with Gasteiger partial charge in [-0.3, -0.25) is 9.97 Å². The minimum Gasteiger partial charge on any atom is -0.535 e. The molecule has 1 radical (unpaired) electrons. The normalized spacial score (nSPS) is 12.9. The molecule has 8 aromatic rings. The zero-order chi connectivity index (χ0) is 46.2. The van der Waals surface area contributed by atoms with Crippen LogP contribution >= 0.6 is 38.6 Å². The lowest BCUT2D eigenvalue weighted by Gasteiger charge is -2.15. The molecule has 0 aromatic carbocycles. The first-order chi connectivity index (χ1) is 32.1. The van der Waals surface area contributed by atoms with E-state index in [1.165, 1.54) is 38.1 Å². The molecule has 0 spiro atoms. The van der Waals surface area contributed by atoms with Crippen LogP contribution in [0.15, 0.2) is 77.2 Å². The van der Waals surface area contributed by atoms with Gasteiger partial charge in [0.1, 0.15) is 17.9 Å². The lowest BCUT2D eigenvalue weighted by atomic mass is 10.1. The predicted octanol–water partition coefficient (Wildman–Crippen LogP) is 9.37. The number of fused-ring (bicyclic) bond motifs is 2. The van der Waals surface area contributed by atoms with Crippen molar-refractivity contribution >= 4 is 79.0 Å². The van der Waals surface area contributed by atoms with Gasteiger partial charge >= 0.3 is 7.69 Å². The van der Waals surface area contributed by atoms with Gasteiger partial charge in [-0.05, 0) is 118 Å². The molecule has 351 valence electrons. The molecule has 3 N–H and O–H groups in total. The second-order valence-corrected chi connectivity index (χ2v) is 19.1. The molecule has 0 aliphatic carbocycles. The van der Waals surface area contributed by atoms with Crippen molar-refractivity contribution in [2.75, 3.05) is 46.6 Å². The fourth-order valence-electron chi connectivity index (χ4n) is 7.46. The van der Waals surface area contributed by atoms with Gasteiger partial charge in [0.25, 0.3) is 0 Å². The molecule has 0 bridgehead atoms. The number of nitrogens with one attached hydrogen (secondary N) is 2. The quantitative estimate of drug-likeness (QED) is 0.103. The van der Waals surface area contributed by atoms with E-state index in [9.17, 15) is 0 Å². The maximum absolute atomic E-state index is 9.12. The Morgan fingerprint density at radius 1 is 0.676 bits per heavy atom. The highest BCUT2D eigenvalue weighted by atomic mass is 79.9. The summed E-state index contributed by atoms with van der Waals surface area (Å²) >= 11 is 6.51. The molecule has 10 rings (SSSR count). The van der Waals surface area contributed by atoms with Crippen LogP contribution in [0.5, 0.6) is 5.75 Å². The van der Waals surface area contributed by atoms with Crippen molar-refractivity contribution in [1.82, 2.24) is 49.6 Å². The standard InChI is InChI=1S/C22H22N8S.C16H15BN5O2.C6H8BrN3S.2CH4/c1-14(2)26-18-10-19(20-6-5-16-9-15(11-23)12-25-30(16)20)24-13-17(18)21-27-28-22(31-21)29-7-3-4-8-29;1-10(2)21-14-6-13(19-9-16(14)24-17-23)15-4-3-12-5-11(7-18)8-20-22(12)15;7-5-8-9-6(11-5)10-3-1-2-4-10;;/h5-6,9-10,12-14H,3-4,7-8H2,1-2H3,(H,24,26);3-6,8-10,23H,1-2H3,(H,19,21);1-4H2;2*1H4. The number of nitrogens with zero attached hydrogens (tertiary/aromatic N) is 14. The van der Waals surface area contributed by atoms with E-state index in [4.69, 9.17) is 25.2 Å². The molecule has 18 nitrogen and oxygen atoms in total. The SMILES string of the molecule is Brc1nnc(N2CCCC2)s1.C.C.CC(C)Nc1cc(-c2ccc3cc(C#N)cnn23)ncc1-c1nnc(N2CCCC2)s1.CC(C)Nc1cc(-c2ccc3cc(C#N)cnn23)ncc1O[B]O. The van der Waals surface area contributed by atoms with E-state index in [-0.39, 0.29) is 26.9 Å². The summed E-state index contributed by atoms with van der Waals surface area (Å²) in [6.45, 7) is 12.6. The van der Waals surface area contributed by atoms with E-state index in [0.717, 1.165) is 84.7 Å². The Kier molecular flexibility index (Phi) is 17.4. The molecule has 0 saturated carbocycles.